The van der Waals surface area contributed by atoms with E-state index < -0.39 is 5.97 Å². The van der Waals surface area contributed by atoms with E-state index in [-0.39, 0.29) is 11.3 Å². The van der Waals surface area contributed by atoms with Gasteiger partial charge in [-0.15, -0.1) is 0 Å². The number of phenols is 1. The van der Waals surface area contributed by atoms with Crippen molar-refractivity contribution < 1.29 is 20.2 Å². The van der Waals surface area contributed by atoms with Gasteiger partial charge in [0.1, 0.15) is 5.75 Å². The molecule has 6 N–H and O–H groups in total. The summed E-state index contributed by atoms with van der Waals surface area (Å²) in [7, 11) is 0. The molecule has 6 nitrogen and oxygen atoms in total. The van der Waals surface area contributed by atoms with Gasteiger partial charge in [0.2, 0.25) is 0 Å². The van der Waals surface area contributed by atoms with Crippen molar-refractivity contribution in [1.29, 1.82) is 0 Å². The molecule has 1 aliphatic heterocycles. The number of piperidine rings is 1. The van der Waals surface area contributed by atoms with E-state index in [1.165, 1.54) is 31.5 Å². The summed E-state index contributed by atoms with van der Waals surface area (Å²) in [6.45, 7) is 2.36. The maximum Gasteiger partial charge on any atom is 0.335 e. The summed E-state index contributed by atoms with van der Waals surface area (Å²) in [5.74, 6) is 3.58. The molecule has 0 bridgehead atoms. The van der Waals surface area contributed by atoms with Gasteiger partial charge in [-0.3, -0.25) is 0 Å². The molecule has 3 aromatic carbocycles. The van der Waals surface area contributed by atoms with Crippen molar-refractivity contribution in [2.75, 3.05) is 13.1 Å². The van der Waals surface area contributed by atoms with Crippen LogP contribution >= 0.6 is 0 Å². The predicted octanol–water partition coefficient (Wildman–Crippen LogP) is 4.25. The molecular formula is C24H28N2O4. The highest BCUT2D eigenvalue weighted by atomic mass is 16.4. The Morgan fingerprint density at radius 2 is 1.30 bits per heavy atom. The average molecular weight is 408 g/mol. The summed E-state index contributed by atoms with van der Waals surface area (Å²) in [5, 5.41) is 27.8. The minimum atomic E-state index is -0.933. The molecule has 0 unspecified atom stereocenters. The average Bonchev–Trinajstić information content (AvgIpc) is 2.82. The van der Waals surface area contributed by atoms with E-state index in [1.54, 1.807) is 48.5 Å². The first-order valence-corrected chi connectivity index (χ1v) is 9.78. The van der Waals surface area contributed by atoms with Crippen molar-refractivity contribution in [3.8, 4) is 16.9 Å². The second-order valence-electron chi connectivity index (χ2n) is 6.86. The quantitative estimate of drug-likeness (QED) is 0.414. The summed E-state index contributed by atoms with van der Waals surface area (Å²) in [6.07, 6.45) is 2.59. The molecule has 3 aromatic rings. The van der Waals surface area contributed by atoms with E-state index in [1.807, 2.05) is 0 Å². The summed E-state index contributed by atoms with van der Waals surface area (Å²) in [6, 6.07) is 24.2. The molecule has 1 heterocycles. The number of hydrogen-bond acceptors (Lipinski definition) is 5. The third-order valence-electron chi connectivity index (χ3n) is 4.94. The number of hydrogen-bond donors (Lipinski definition) is 5. The van der Waals surface area contributed by atoms with Gasteiger partial charge in [0.05, 0.1) is 5.56 Å². The lowest BCUT2D eigenvalue weighted by molar-refractivity contribution is 0.0697. The standard InChI is InChI=1S/C13H10O3.C11H15N.H3NO/c14-12-7-5-10(6-8-12)9-1-3-11(4-2-9)13(15)16;1-2-4-10(5-3-1)11-6-8-12-9-7-11;1-2/h1-8,14H,(H,15,16);1-5,11-12H,6-9H2;2H,1H2. The van der Waals surface area contributed by atoms with E-state index in [2.05, 4.69) is 41.5 Å². The van der Waals surface area contributed by atoms with Crippen LogP contribution in [0.1, 0.15) is 34.7 Å². The Balaban J connectivity index is 0.000000204. The number of benzene rings is 3. The number of nitrogens with one attached hydrogen (secondary N) is 1. The largest absolute Gasteiger partial charge is 0.508 e. The highest BCUT2D eigenvalue weighted by Crippen LogP contribution is 2.24. The van der Waals surface area contributed by atoms with E-state index >= 15 is 0 Å². The SMILES string of the molecule is NO.O=C(O)c1ccc(-c2ccc(O)cc2)cc1.c1ccc(C2CCNCC2)cc1. The van der Waals surface area contributed by atoms with Gasteiger partial charge < -0.3 is 20.7 Å². The van der Waals surface area contributed by atoms with Crippen LogP contribution in [0.3, 0.4) is 0 Å². The van der Waals surface area contributed by atoms with Gasteiger partial charge in [-0.25, -0.2) is 10.7 Å². The third kappa shape index (κ3) is 7.00. The number of carbonyl (C=O) groups is 1. The zero-order valence-electron chi connectivity index (χ0n) is 16.7. The minimum absolute atomic E-state index is 0.214. The fourth-order valence-corrected chi connectivity index (χ4v) is 3.34. The maximum absolute atomic E-state index is 10.7. The molecule has 4 rings (SSSR count). The number of aromatic hydroxyl groups is 1. The highest BCUT2D eigenvalue weighted by molar-refractivity contribution is 5.88. The Morgan fingerprint density at radius 3 is 1.80 bits per heavy atom. The zero-order chi connectivity index (χ0) is 21.8. The van der Waals surface area contributed by atoms with E-state index in [4.69, 9.17) is 15.4 Å². The van der Waals surface area contributed by atoms with Gasteiger partial charge in [-0.1, -0.05) is 54.6 Å². The van der Waals surface area contributed by atoms with Gasteiger partial charge in [0, 0.05) is 0 Å². The van der Waals surface area contributed by atoms with Crippen LogP contribution in [0, 0.1) is 0 Å². The van der Waals surface area contributed by atoms with Gasteiger partial charge >= 0.3 is 5.97 Å². The van der Waals surface area contributed by atoms with E-state index in [0.29, 0.717) is 0 Å². The molecule has 158 valence electrons. The number of carboxylic acids is 1. The normalized spacial score (nSPS) is 13.3. The van der Waals surface area contributed by atoms with Crippen LogP contribution in [-0.2, 0) is 0 Å². The lowest BCUT2D eigenvalue weighted by atomic mass is 9.90. The summed E-state index contributed by atoms with van der Waals surface area (Å²) < 4.78 is 0. The third-order valence-corrected chi connectivity index (χ3v) is 4.94. The molecule has 0 amide bonds. The van der Waals surface area contributed by atoms with Crippen LogP contribution < -0.4 is 11.2 Å². The summed E-state index contributed by atoms with van der Waals surface area (Å²) >= 11 is 0. The lowest BCUT2D eigenvalue weighted by Crippen LogP contribution is -2.26. The Kier molecular flexibility index (Phi) is 9.54. The molecule has 0 radical (unpaired) electrons. The predicted molar refractivity (Wildman–Crippen MR) is 118 cm³/mol. The molecule has 1 aliphatic rings. The summed E-state index contributed by atoms with van der Waals surface area (Å²) in [5.41, 5.74) is 3.64. The fourth-order valence-electron chi connectivity index (χ4n) is 3.34. The molecule has 6 heteroatoms. The van der Waals surface area contributed by atoms with Gasteiger partial charge in [0.15, 0.2) is 0 Å². The number of carboxylic acid groups (broad SMARTS) is 1. The number of phenolic OH excluding ortho intramolecular Hbond substituents is 1. The first kappa shape index (κ1) is 23.1. The van der Waals surface area contributed by atoms with Gasteiger partial charge in [0.25, 0.3) is 0 Å². The van der Waals surface area contributed by atoms with Crippen LogP contribution in [0.4, 0.5) is 0 Å². The molecule has 0 atom stereocenters. The van der Waals surface area contributed by atoms with Crippen molar-refractivity contribution in [2.45, 2.75) is 18.8 Å². The molecule has 30 heavy (non-hydrogen) atoms. The van der Waals surface area contributed by atoms with Crippen molar-refractivity contribution in [3.05, 3.63) is 90.0 Å². The van der Waals surface area contributed by atoms with Crippen molar-refractivity contribution in [3.63, 3.8) is 0 Å². The second kappa shape index (κ2) is 12.4. The molecule has 0 aliphatic carbocycles. The molecule has 0 aromatic heterocycles. The number of nitrogens with two attached hydrogens (primary N) is 1. The minimum Gasteiger partial charge on any atom is -0.508 e. The van der Waals surface area contributed by atoms with Crippen molar-refractivity contribution >= 4 is 5.97 Å². The fraction of sp³-hybridized carbons (Fsp3) is 0.208. The maximum atomic E-state index is 10.7. The van der Waals surface area contributed by atoms with Crippen LogP contribution in [0.5, 0.6) is 5.75 Å². The van der Waals surface area contributed by atoms with Gasteiger partial charge in [-0.2, -0.15) is 0 Å². The first-order chi connectivity index (χ1) is 14.6. The summed E-state index contributed by atoms with van der Waals surface area (Å²) in [4.78, 5) is 10.7. The van der Waals surface area contributed by atoms with Crippen LogP contribution in [0.2, 0.25) is 0 Å². The molecular weight excluding hydrogens is 380 g/mol. The number of rotatable bonds is 3. The molecule has 1 fully saturated rings. The van der Waals surface area contributed by atoms with Crippen molar-refractivity contribution in [2.24, 2.45) is 5.90 Å². The molecule has 1 saturated heterocycles. The van der Waals surface area contributed by atoms with Crippen LogP contribution in [0.15, 0.2) is 78.9 Å². The lowest BCUT2D eigenvalue weighted by Gasteiger charge is -2.22. The Hall–Kier alpha value is -3.19. The molecule has 0 saturated carbocycles. The Morgan fingerprint density at radius 1 is 0.800 bits per heavy atom. The monoisotopic (exact) mass is 408 g/mol. The van der Waals surface area contributed by atoms with Crippen molar-refractivity contribution in [1.82, 2.24) is 5.32 Å². The van der Waals surface area contributed by atoms with E-state index in [0.717, 1.165) is 17.0 Å². The van der Waals surface area contributed by atoms with Crippen LogP contribution in [0.25, 0.3) is 11.1 Å². The van der Waals surface area contributed by atoms with Crippen LogP contribution in [-0.4, -0.2) is 34.5 Å². The zero-order valence-corrected chi connectivity index (χ0v) is 16.7. The smallest absolute Gasteiger partial charge is 0.335 e. The molecule has 0 spiro atoms. The Labute approximate surface area is 176 Å². The Bertz CT molecular complexity index is 875. The number of aromatic carboxylic acids is 1. The first-order valence-electron chi connectivity index (χ1n) is 9.78. The topological polar surface area (TPSA) is 116 Å². The highest BCUT2D eigenvalue weighted by Gasteiger charge is 2.13. The van der Waals surface area contributed by atoms with Gasteiger partial charge in [-0.05, 0) is 72.8 Å². The van der Waals surface area contributed by atoms with E-state index in [9.17, 15) is 4.79 Å². The second-order valence-corrected chi connectivity index (χ2v) is 6.86.